The van der Waals surface area contributed by atoms with Gasteiger partial charge in [0.25, 0.3) is 0 Å². The van der Waals surface area contributed by atoms with Gasteiger partial charge in [0.1, 0.15) is 6.04 Å². The number of carbonyl (C=O) groups excluding carboxylic acids is 2. The van der Waals surface area contributed by atoms with E-state index in [1.165, 1.54) is 6.42 Å². The molecule has 3 unspecified atom stereocenters. The first-order chi connectivity index (χ1) is 9.58. The molecule has 0 spiro atoms. The highest BCUT2D eigenvalue weighted by atomic mass is 16.2. The first kappa shape index (κ1) is 13.9. The maximum absolute atomic E-state index is 12.8. The summed E-state index contributed by atoms with van der Waals surface area (Å²) in [5.74, 6) is 1.24. The third-order valence-corrected chi connectivity index (χ3v) is 5.54. The molecule has 3 atom stereocenters. The van der Waals surface area contributed by atoms with E-state index in [2.05, 4.69) is 5.32 Å². The van der Waals surface area contributed by atoms with Gasteiger partial charge in [0.2, 0.25) is 11.8 Å². The predicted octanol–water partition coefficient (Wildman–Crippen LogP) is 0.487. The minimum atomic E-state index is -0.327. The molecule has 2 aliphatic carbocycles. The van der Waals surface area contributed by atoms with E-state index in [0.717, 1.165) is 25.7 Å². The van der Waals surface area contributed by atoms with Crippen molar-refractivity contribution < 1.29 is 9.59 Å². The second kappa shape index (κ2) is 5.35. The average molecular weight is 279 g/mol. The highest BCUT2D eigenvalue weighted by Crippen LogP contribution is 2.42. The molecule has 1 heterocycles. The fraction of sp³-hybridized carbons (Fsp3) is 0.867. The molecule has 5 nitrogen and oxygen atoms in total. The molecule has 0 aromatic rings. The SMILES string of the molecule is CC1C(=O)NCCN1C(=O)C1CC2CCCC(C1)C2N. The first-order valence-corrected chi connectivity index (χ1v) is 7.91. The Balaban J connectivity index is 1.70. The summed E-state index contributed by atoms with van der Waals surface area (Å²) in [6.45, 7) is 3.04. The van der Waals surface area contributed by atoms with Crippen LogP contribution in [0.15, 0.2) is 0 Å². The van der Waals surface area contributed by atoms with Crippen LogP contribution in [0.3, 0.4) is 0 Å². The number of carbonyl (C=O) groups is 2. The van der Waals surface area contributed by atoms with Crippen molar-refractivity contribution in [2.45, 2.75) is 51.1 Å². The number of amides is 2. The number of hydrogen-bond acceptors (Lipinski definition) is 3. The Bertz CT molecular complexity index is 398. The fourth-order valence-corrected chi connectivity index (χ4v) is 4.31. The number of nitrogens with one attached hydrogen (secondary N) is 1. The van der Waals surface area contributed by atoms with Crippen molar-refractivity contribution in [2.24, 2.45) is 23.5 Å². The summed E-state index contributed by atoms with van der Waals surface area (Å²) in [6, 6.07) is -0.0402. The quantitative estimate of drug-likeness (QED) is 0.733. The summed E-state index contributed by atoms with van der Waals surface area (Å²) in [7, 11) is 0. The van der Waals surface area contributed by atoms with Crippen molar-refractivity contribution in [1.29, 1.82) is 0 Å². The number of hydrogen-bond donors (Lipinski definition) is 2. The lowest BCUT2D eigenvalue weighted by Crippen LogP contribution is -2.58. The predicted molar refractivity (Wildman–Crippen MR) is 75.7 cm³/mol. The van der Waals surface area contributed by atoms with Gasteiger partial charge in [-0.25, -0.2) is 0 Å². The van der Waals surface area contributed by atoms with Crippen LogP contribution >= 0.6 is 0 Å². The molecule has 5 heteroatoms. The molecule has 20 heavy (non-hydrogen) atoms. The lowest BCUT2D eigenvalue weighted by Gasteiger charge is -2.45. The normalized spacial score (nSPS) is 41.2. The molecular weight excluding hydrogens is 254 g/mol. The summed E-state index contributed by atoms with van der Waals surface area (Å²) in [5, 5.41) is 2.81. The highest BCUT2D eigenvalue weighted by molar-refractivity contribution is 5.89. The number of nitrogens with two attached hydrogens (primary N) is 1. The Kier molecular flexibility index (Phi) is 3.71. The summed E-state index contributed by atoms with van der Waals surface area (Å²) < 4.78 is 0. The van der Waals surface area contributed by atoms with Gasteiger partial charge in [-0.2, -0.15) is 0 Å². The van der Waals surface area contributed by atoms with Crippen LogP contribution in [0.2, 0.25) is 0 Å². The van der Waals surface area contributed by atoms with Gasteiger partial charge in [-0.3, -0.25) is 9.59 Å². The Labute approximate surface area is 120 Å². The van der Waals surface area contributed by atoms with E-state index in [1.807, 2.05) is 6.92 Å². The van der Waals surface area contributed by atoms with Crippen molar-refractivity contribution in [3.63, 3.8) is 0 Å². The van der Waals surface area contributed by atoms with Gasteiger partial charge in [0.05, 0.1) is 0 Å². The van der Waals surface area contributed by atoms with E-state index in [1.54, 1.807) is 4.90 Å². The molecule has 2 amide bonds. The number of piperazine rings is 1. The third kappa shape index (κ3) is 2.32. The van der Waals surface area contributed by atoms with Gasteiger partial charge in [-0.1, -0.05) is 6.42 Å². The van der Waals surface area contributed by atoms with Crippen molar-refractivity contribution in [2.75, 3.05) is 13.1 Å². The molecule has 1 aliphatic heterocycles. The van der Waals surface area contributed by atoms with E-state index >= 15 is 0 Å². The van der Waals surface area contributed by atoms with E-state index < -0.39 is 0 Å². The van der Waals surface area contributed by atoms with Crippen LogP contribution in [0.25, 0.3) is 0 Å². The fourth-order valence-electron chi connectivity index (χ4n) is 4.31. The molecule has 2 saturated carbocycles. The van der Waals surface area contributed by atoms with E-state index in [-0.39, 0.29) is 29.8 Å². The van der Waals surface area contributed by atoms with E-state index in [9.17, 15) is 9.59 Å². The second-order valence-corrected chi connectivity index (χ2v) is 6.70. The standard InChI is InChI=1S/C15H25N3O2/c1-9-14(19)17-5-6-18(9)15(20)12-7-10-3-2-4-11(8-12)13(10)16/h9-13H,2-8,16H2,1H3,(H,17,19). The number of rotatable bonds is 1. The van der Waals surface area contributed by atoms with Crippen LogP contribution in [0.1, 0.15) is 39.0 Å². The summed E-state index contributed by atoms with van der Waals surface area (Å²) in [6.07, 6.45) is 5.42. The van der Waals surface area contributed by atoms with Crippen LogP contribution in [0.4, 0.5) is 0 Å². The molecule has 2 bridgehead atoms. The summed E-state index contributed by atoms with van der Waals surface area (Å²) in [5.41, 5.74) is 6.29. The lowest BCUT2D eigenvalue weighted by atomic mass is 9.65. The highest BCUT2D eigenvalue weighted by Gasteiger charge is 2.43. The second-order valence-electron chi connectivity index (χ2n) is 6.70. The van der Waals surface area contributed by atoms with Gasteiger partial charge >= 0.3 is 0 Å². The zero-order valence-corrected chi connectivity index (χ0v) is 12.2. The van der Waals surface area contributed by atoms with Crippen LogP contribution < -0.4 is 11.1 Å². The minimum absolute atomic E-state index is 0.0303. The molecule has 0 radical (unpaired) electrons. The van der Waals surface area contributed by atoms with Crippen molar-refractivity contribution in [3.05, 3.63) is 0 Å². The van der Waals surface area contributed by atoms with E-state index in [0.29, 0.717) is 24.9 Å². The molecular formula is C15H25N3O2. The Morgan fingerprint density at radius 1 is 1.30 bits per heavy atom. The van der Waals surface area contributed by atoms with Gasteiger partial charge < -0.3 is 16.0 Å². The van der Waals surface area contributed by atoms with E-state index in [4.69, 9.17) is 5.73 Å². The molecule has 3 rings (SSSR count). The van der Waals surface area contributed by atoms with Gasteiger partial charge in [-0.05, 0) is 44.4 Å². The molecule has 0 aromatic carbocycles. The van der Waals surface area contributed by atoms with Crippen LogP contribution in [-0.2, 0) is 9.59 Å². The summed E-state index contributed by atoms with van der Waals surface area (Å²) in [4.78, 5) is 26.2. The molecule has 3 aliphatic rings. The largest absolute Gasteiger partial charge is 0.353 e. The maximum Gasteiger partial charge on any atom is 0.242 e. The molecule has 3 fully saturated rings. The topological polar surface area (TPSA) is 75.4 Å². The van der Waals surface area contributed by atoms with Gasteiger partial charge in [0.15, 0.2) is 0 Å². The zero-order chi connectivity index (χ0) is 14.3. The monoisotopic (exact) mass is 279 g/mol. The Hall–Kier alpha value is -1.10. The minimum Gasteiger partial charge on any atom is -0.353 e. The van der Waals surface area contributed by atoms with Crippen LogP contribution in [-0.4, -0.2) is 41.9 Å². The zero-order valence-electron chi connectivity index (χ0n) is 12.2. The van der Waals surface area contributed by atoms with Gasteiger partial charge in [-0.15, -0.1) is 0 Å². The molecule has 1 saturated heterocycles. The Morgan fingerprint density at radius 3 is 2.60 bits per heavy atom. The van der Waals surface area contributed by atoms with Crippen LogP contribution in [0, 0.1) is 17.8 Å². The van der Waals surface area contributed by atoms with Crippen LogP contribution in [0.5, 0.6) is 0 Å². The van der Waals surface area contributed by atoms with Crippen molar-refractivity contribution in [1.82, 2.24) is 10.2 Å². The first-order valence-electron chi connectivity index (χ1n) is 7.91. The van der Waals surface area contributed by atoms with Crippen molar-refractivity contribution >= 4 is 11.8 Å². The average Bonchev–Trinajstić information content (AvgIpc) is 2.41. The smallest absolute Gasteiger partial charge is 0.242 e. The molecule has 112 valence electrons. The number of nitrogens with zero attached hydrogens (tertiary/aromatic N) is 1. The van der Waals surface area contributed by atoms with Gasteiger partial charge in [0, 0.05) is 25.0 Å². The van der Waals surface area contributed by atoms with Crippen molar-refractivity contribution in [3.8, 4) is 0 Å². The molecule has 3 N–H and O–H groups in total. The lowest BCUT2D eigenvalue weighted by molar-refractivity contribution is -0.147. The third-order valence-electron chi connectivity index (χ3n) is 5.54. The number of fused-ring (bicyclic) bond motifs is 2. The maximum atomic E-state index is 12.8. The summed E-state index contributed by atoms with van der Waals surface area (Å²) >= 11 is 0. The molecule has 0 aromatic heterocycles. The Morgan fingerprint density at radius 2 is 1.95 bits per heavy atom.